The number of thiophene rings is 1. The van der Waals surface area contributed by atoms with Crippen molar-refractivity contribution in [3.63, 3.8) is 0 Å². The summed E-state index contributed by atoms with van der Waals surface area (Å²) in [5.74, 6) is 0.504. The van der Waals surface area contributed by atoms with Crippen LogP contribution in [0.5, 0.6) is 5.75 Å². The summed E-state index contributed by atoms with van der Waals surface area (Å²) < 4.78 is 6.35. The Balaban J connectivity index is 1.93. The van der Waals surface area contributed by atoms with Crippen molar-refractivity contribution in [3.05, 3.63) is 50.1 Å². The number of hydrogen-bond acceptors (Lipinski definition) is 4. The molecule has 2 aromatic rings. The van der Waals surface area contributed by atoms with Crippen LogP contribution in [0.25, 0.3) is 0 Å². The maximum absolute atomic E-state index is 12.1. The Bertz CT molecular complexity index is 712. The summed E-state index contributed by atoms with van der Waals surface area (Å²) in [6.07, 6.45) is 0.991. The van der Waals surface area contributed by atoms with E-state index in [1.54, 1.807) is 36.6 Å². The lowest BCUT2D eigenvalue weighted by Crippen LogP contribution is -2.27. The molecular formula is C17H18BrNO3S. The first-order valence-corrected chi connectivity index (χ1v) is 8.79. The van der Waals surface area contributed by atoms with Crippen molar-refractivity contribution < 1.29 is 14.3 Å². The number of ketones is 1. The van der Waals surface area contributed by atoms with Crippen molar-refractivity contribution in [2.75, 3.05) is 13.7 Å². The van der Waals surface area contributed by atoms with E-state index >= 15 is 0 Å². The molecule has 6 heteroatoms. The number of benzene rings is 1. The Hall–Kier alpha value is -1.66. The predicted octanol–water partition coefficient (Wildman–Crippen LogP) is 3.62. The third-order valence-electron chi connectivity index (χ3n) is 3.36. The molecule has 0 fully saturated rings. The molecule has 2 rings (SSSR count). The van der Waals surface area contributed by atoms with Gasteiger partial charge in [0.2, 0.25) is 5.91 Å². The van der Waals surface area contributed by atoms with Crippen molar-refractivity contribution in [2.45, 2.75) is 19.8 Å². The van der Waals surface area contributed by atoms with Gasteiger partial charge in [-0.25, -0.2) is 0 Å². The summed E-state index contributed by atoms with van der Waals surface area (Å²) in [6.45, 7) is 2.09. The van der Waals surface area contributed by atoms with Crippen LogP contribution in [0.4, 0.5) is 0 Å². The number of carbonyl (C=O) groups excluding carboxylic acids is 2. The van der Waals surface area contributed by atoms with Crippen LogP contribution in [0.15, 0.2) is 34.1 Å². The first-order valence-electron chi connectivity index (χ1n) is 7.18. The average Bonchev–Trinajstić information content (AvgIpc) is 2.92. The highest BCUT2D eigenvalue weighted by atomic mass is 79.9. The summed E-state index contributed by atoms with van der Waals surface area (Å²) in [4.78, 5) is 24.8. The average molecular weight is 396 g/mol. The zero-order valence-electron chi connectivity index (χ0n) is 13.0. The molecule has 0 atom stereocenters. The zero-order chi connectivity index (χ0) is 16.8. The van der Waals surface area contributed by atoms with Crippen molar-refractivity contribution in [1.29, 1.82) is 0 Å². The summed E-state index contributed by atoms with van der Waals surface area (Å²) in [5.41, 5.74) is 1.30. The Morgan fingerprint density at radius 3 is 2.65 bits per heavy atom. The van der Waals surface area contributed by atoms with Gasteiger partial charge in [0, 0.05) is 22.5 Å². The molecule has 0 aliphatic carbocycles. The SMILES string of the molecule is COc1ccc(C(C)=O)cc1CC(=O)NCCc1ccc(Br)s1. The molecule has 1 aromatic heterocycles. The maximum atomic E-state index is 12.1. The number of halogens is 1. The molecule has 1 aromatic carbocycles. The van der Waals surface area contributed by atoms with Gasteiger partial charge in [0.25, 0.3) is 0 Å². The molecule has 0 aliphatic heterocycles. The maximum Gasteiger partial charge on any atom is 0.224 e. The molecule has 0 bridgehead atoms. The largest absolute Gasteiger partial charge is 0.496 e. The molecule has 1 heterocycles. The van der Waals surface area contributed by atoms with E-state index in [2.05, 4.69) is 21.2 Å². The van der Waals surface area contributed by atoms with Crippen LogP contribution < -0.4 is 10.1 Å². The van der Waals surface area contributed by atoms with Gasteiger partial charge >= 0.3 is 0 Å². The first-order chi connectivity index (χ1) is 11.0. The molecule has 1 N–H and O–H groups in total. The molecule has 0 spiro atoms. The molecular weight excluding hydrogens is 378 g/mol. The van der Waals surface area contributed by atoms with Crippen molar-refractivity contribution in [2.24, 2.45) is 0 Å². The number of methoxy groups -OCH3 is 1. The second kappa shape index (κ2) is 8.26. The van der Waals surface area contributed by atoms with Crippen molar-refractivity contribution >= 4 is 39.0 Å². The minimum atomic E-state index is -0.0837. The number of amides is 1. The minimum absolute atomic E-state index is 0.0300. The fourth-order valence-electron chi connectivity index (χ4n) is 2.18. The lowest BCUT2D eigenvalue weighted by Gasteiger charge is -2.10. The Labute approximate surface area is 148 Å². The molecule has 0 saturated carbocycles. The highest BCUT2D eigenvalue weighted by Crippen LogP contribution is 2.22. The highest BCUT2D eigenvalue weighted by molar-refractivity contribution is 9.11. The Morgan fingerprint density at radius 1 is 1.26 bits per heavy atom. The molecule has 0 saturated heterocycles. The topological polar surface area (TPSA) is 55.4 Å². The molecule has 0 radical (unpaired) electrons. The van der Waals surface area contributed by atoms with Crippen LogP contribution in [-0.4, -0.2) is 25.3 Å². The molecule has 0 aliphatic rings. The van der Waals surface area contributed by atoms with Gasteiger partial charge in [-0.3, -0.25) is 9.59 Å². The number of carbonyl (C=O) groups is 2. The van der Waals surface area contributed by atoms with Crippen LogP contribution >= 0.6 is 27.3 Å². The van der Waals surface area contributed by atoms with Gasteiger partial charge < -0.3 is 10.1 Å². The van der Waals surface area contributed by atoms with Crippen molar-refractivity contribution in [3.8, 4) is 5.75 Å². The van der Waals surface area contributed by atoms with Crippen LogP contribution in [0.2, 0.25) is 0 Å². The van der Waals surface area contributed by atoms with E-state index in [0.29, 0.717) is 17.9 Å². The molecule has 0 unspecified atom stereocenters. The fourth-order valence-corrected chi connectivity index (χ4v) is 3.67. The number of hydrogen-bond donors (Lipinski definition) is 1. The van der Waals surface area contributed by atoms with Gasteiger partial charge in [-0.05, 0) is 59.6 Å². The standard InChI is InChI=1S/C17H18BrNO3S/c1-11(20)12-3-5-15(22-2)13(9-12)10-17(21)19-8-7-14-4-6-16(18)23-14/h3-6,9H,7-8,10H2,1-2H3,(H,19,21). The summed E-state index contributed by atoms with van der Waals surface area (Å²) in [6, 6.07) is 9.19. The van der Waals surface area contributed by atoms with Gasteiger partial charge in [0.1, 0.15) is 5.75 Å². The normalized spacial score (nSPS) is 10.4. The quantitative estimate of drug-likeness (QED) is 0.728. The third-order valence-corrected chi connectivity index (χ3v) is 5.04. The highest BCUT2D eigenvalue weighted by Gasteiger charge is 2.11. The lowest BCUT2D eigenvalue weighted by molar-refractivity contribution is -0.120. The van der Waals surface area contributed by atoms with E-state index in [1.807, 2.05) is 12.1 Å². The predicted molar refractivity (Wildman–Crippen MR) is 95.4 cm³/mol. The van der Waals surface area contributed by atoms with Crippen LogP contribution in [0.3, 0.4) is 0 Å². The van der Waals surface area contributed by atoms with E-state index in [0.717, 1.165) is 15.8 Å². The summed E-state index contributed by atoms with van der Waals surface area (Å²) >= 11 is 5.08. The monoisotopic (exact) mass is 395 g/mol. The van der Waals surface area contributed by atoms with Gasteiger partial charge in [0.05, 0.1) is 17.3 Å². The molecule has 122 valence electrons. The number of nitrogens with one attached hydrogen (secondary N) is 1. The summed E-state index contributed by atoms with van der Waals surface area (Å²) in [7, 11) is 1.55. The Morgan fingerprint density at radius 2 is 2.04 bits per heavy atom. The lowest BCUT2D eigenvalue weighted by atomic mass is 10.0. The molecule has 23 heavy (non-hydrogen) atoms. The van der Waals surface area contributed by atoms with Gasteiger partial charge in [-0.15, -0.1) is 11.3 Å². The van der Waals surface area contributed by atoms with Gasteiger partial charge in [-0.1, -0.05) is 0 Å². The van der Waals surface area contributed by atoms with Crippen LogP contribution in [0, 0.1) is 0 Å². The van der Waals surface area contributed by atoms with E-state index in [9.17, 15) is 9.59 Å². The third kappa shape index (κ3) is 5.18. The van der Waals surface area contributed by atoms with E-state index in [1.165, 1.54) is 11.8 Å². The van der Waals surface area contributed by atoms with Gasteiger partial charge in [0.15, 0.2) is 5.78 Å². The van der Waals surface area contributed by atoms with Crippen molar-refractivity contribution in [1.82, 2.24) is 5.32 Å². The zero-order valence-corrected chi connectivity index (χ0v) is 15.4. The van der Waals surface area contributed by atoms with Crippen LogP contribution in [-0.2, 0) is 17.6 Å². The minimum Gasteiger partial charge on any atom is -0.496 e. The Kier molecular flexibility index (Phi) is 6.36. The molecule has 4 nitrogen and oxygen atoms in total. The number of rotatable bonds is 7. The fraction of sp³-hybridized carbons (Fsp3) is 0.294. The second-order valence-corrected chi connectivity index (χ2v) is 7.61. The number of Topliss-reactive ketones (excluding diaryl/α,β-unsaturated/α-hetero) is 1. The number of ether oxygens (including phenoxy) is 1. The van der Waals surface area contributed by atoms with Gasteiger partial charge in [-0.2, -0.15) is 0 Å². The van der Waals surface area contributed by atoms with E-state index in [-0.39, 0.29) is 18.1 Å². The first kappa shape index (κ1) is 17.7. The van der Waals surface area contributed by atoms with E-state index < -0.39 is 0 Å². The summed E-state index contributed by atoms with van der Waals surface area (Å²) in [5, 5.41) is 2.90. The smallest absolute Gasteiger partial charge is 0.224 e. The second-order valence-electron chi connectivity index (χ2n) is 5.07. The molecule has 1 amide bonds. The van der Waals surface area contributed by atoms with Crippen LogP contribution in [0.1, 0.15) is 27.7 Å². The van der Waals surface area contributed by atoms with E-state index in [4.69, 9.17) is 4.74 Å².